The predicted octanol–water partition coefficient (Wildman–Crippen LogP) is 1.64. The Morgan fingerprint density at radius 1 is 1.39 bits per heavy atom. The van der Waals surface area contributed by atoms with Gasteiger partial charge in [-0.2, -0.15) is 0 Å². The van der Waals surface area contributed by atoms with Crippen LogP contribution in [0.3, 0.4) is 0 Å². The number of guanidine groups is 1. The van der Waals surface area contributed by atoms with E-state index in [-0.39, 0.29) is 5.41 Å². The quantitative estimate of drug-likeness (QED) is 0.881. The molecule has 0 unspecified atom stereocenters. The van der Waals surface area contributed by atoms with Crippen molar-refractivity contribution in [1.82, 2.24) is 15.2 Å². The summed E-state index contributed by atoms with van der Waals surface area (Å²) in [7, 11) is 2.08. The van der Waals surface area contributed by atoms with Gasteiger partial charge in [0.05, 0.1) is 0 Å². The zero-order valence-corrected chi connectivity index (χ0v) is 11.5. The highest BCUT2D eigenvalue weighted by molar-refractivity contribution is 5.80. The van der Waals surface area contributed by atoms with Gasteiger partial charge >= 0.3 is 0 Å². The molecule has 0 fully saturated rings. The van der Waals surface area contributed by atoms with Crippen molar-refractivity contribution in [2.75, 3.05) is 26.7 Å². The van der Waals surface area contributed by atoms with Gasteiger partial charge in [-0.05, 0) is 18.6 Å². The summed E-state index contributed by atoms with van der Waals surface area (Å²) in [4.78, 5) is 11.1. The molecule has 98 valence electrons. The lowest BCUT2D eigenvalue weighted by Crippen LogP contribution is -2.46. The fraction of sp³-hybridized carbons (Fsp3) is 0.571. The molecule has 0 aliphatic carbocycles. The van der Waals surface area contributed by atoms with Crippen molar-refractivity contribution in [2.45, 2.75) is 25.7 Å². The Morgan fingerprint density at radius 3 is 2.89 bits per heavy atom. The topological polar surface area (TPSA) is 40.5 Å². The maximum atomic E-state index is 4.52. The highest BCUT2D eigenvalue weighted by Crippen LogP contribution is 2.19. The molecule has 1 aromatic rings. The third-order valence-corrected chi connectivity index (χ3v) is 3.32. The van der Waals surface area contributed by atoms with Crippen molar-refractivity contribution in [2.24, 2.45) is 4.99 Å². The van der Waals surface area contributed by atoms with Crippen LogP contribution in [0, 0.1) is 0 Å². The number of aliphatic imine (C=N–C) groups is 1. The molecular weight excluding hydrogens is 224 g/mol. The van der Waals surface area contributed by atoms with Crippen molar-refractivity contribution in [3.05, 3.63) is 30.1 Å². The van der Waals surface area contributed by atoms with Crippen molar-refractivity contribution in [3.8, 4) is 0 Å². The van der Waals surface area contributed by atoms with Gasteiger partial charge in [-0.1, -0.05) is 19.9 Å². The first kappa shape index (κ1) is 12.9. The maximum Gasteiger partial charge on any atom is 0.193 e. The van der Waals surface area contributed by atoms with E-state index >= 15 is 0 Å². The first-order valence-electron chi connectivity index (χ1n) is 6.50. The lowest BCUT2D eigenvalue weighted by Gasteiger charge is -2.30. The first-order valence-corrected chi connectivity index (χ1v) is 6.50. The van der Waals surface area contributed by atoms with Gasteiger partial charge in [-0.25, -0.2) is 0 Å². The molecule has 1 aliphatic heterocycles. The molecule has 0 radical (unpaired) electrons. The first-order chi connectivity index (χ1) is 8.59. The second-order valence-electron chi connectivity index (χ2n) is 5.43. The minimum Gasteiger partial charge on any atom is -0.355 e. The van der Waals surface area contributed by atoms with Crippen LogP contribution >= 0.6 is 0 Å². The molecule has 1 N–H and O–H groups in total. The number of nitrogens with zero attached hydrogens (tertiary/aromatic N) is 3. The smallest absolute Gasteiger partial charge is 0.193 e. The van der Waals surface area contributed by atoms with E-state index in [0.29, 0.717) is 0 Å². The van der Waals surface area contributed by atoms with Crippen LogP contribution in [0.5, 0.6) is 0 Å². The third-order valence-electron chi connectivity index (χ3n) is 3.32. The van der Waals surface area contributed by atoms with Crippen LogP contribution in [0.25, 0.3) is 0 Å². The zero-order chi connectivity index (χ0) is 13.0. The largest absolute Gasteiger partial charge is 0.355 e. The second-order valence-corrected chi connectivity index (χ2v) is 5.43. The number of pyridine rings is 1. The highest BCUT2D eigenvalue weighted by Gasteiger charge is 2.23. The molecule has 2 heterocycles. The Bertz CT molecular complexity index is 411. The Labute approximate surface area is 109 Å². The van der Waals surface area contributed by atoms with E-state index in [0.717, 1.165) is 37.7 Å². The summed E-state index contributed by atoms with van der Waals surface area (Å²) in [6.07, 6.45) is 2.99. The van der Waals surface area contributed by atoms with Gasteiger partial charge in [-0.15, -0.1) is 0 Å². The zero-order valence-electron chi connectivity index (χ0n) is 11.5. The van der Waals surface area contributed by atoms with Crippen LogP contribution in [-0.2, 0) is 5.41 Å². The SMILES string of the molecule is CN1CCCN=C1NCC(C)(C)c1ccccn1. The van der Waals surface area contributed by atoms with Crippen LogP contribution in [0.1, 0.15) is 26.0 Å². The second kappa shape index (κ2) is 5.38. The average molecular weight is 246 g/mol. The fourth-order valence-electron chi connectivity index (χ4n) is 2.06. The van der Waals surface area contributed by atoms with Gasteiger partial charge in [0.15, 0.2) is 5.96 Å². The van der Waals surface area contributed by atoms with Crippen molar-refractivity contribution >= 4 is 5.96 Å². The molecular formula is C14H22N4. The van der Waals surface area contributed by atoms with Crippen LogP contribution in [0.15, 0.2) is 29.4 Å². The number of hydrogen-bond donors (Lipinski definition) is 1. The van der Waals surface area contributed by atoms with Gasteiger partial charge in [0.25, 0.3) is 0 Å². The Hall–Kier alpha value is -1.58. The minimum absolute atomic E-state index is 0.00205. The molecule has 4 heteroatoms. The summed E-state index contributed by atoms with van der Waals surface area (Å²) in [5.74, 6) is 1.00. The Morgan fingerprint density at radius 2 is 2.22 bits per heavy atom. The van der Waals surface area contributed by atoms with E-state index in [2.05, 4.69) is 47.2 Å². The molecule has 4 nitrogen and oxygen atoms in total. The molecule has 1 aliphatic rings. The lowest BCUT2D eigenvalue weighted by molar-refractivity contribution is 0.424. The molecule has 1 aromatic heterocycles. The van der Waals surface area contributed by atoms with Gasteiger partial charge in [0.1, 0.15) is 0 Å². The summed E-state index contributed by atoms with van der Waals surface area (Å²) in [6.45, 7) is 7.25. The predicted molar refractivity (Wildman–Crippen MR) is 74.8 cm³/mol. The minimum atomic E-state index is 0.00205. The molecule has 0 bridgehead atoms. The van der Waals surface area contributed by atoms with E-state index in [4.69, 9.17) is 0 Å². The van der Waals surface area contributed by atoms with Gasteiger partial charge in [0.2, 0.25) is 0 Å². The van der Waals surface area contributed by atoms with E-state index in [9.17, 15) is 0 Å². The molecule has 0 saturated carbocycles. The lowest BCUT2D eigenvalue weighted by atomic mass is 9.89. The van der Waals surface area contributed by atoms with Crippen molar-refractivity contribution < 1.29 is 0 Å². The van der Waals surface area contributed by atoms with Crippen LogP contribution in [0.4, 0.5) is 0 Å². The van der Waals surface area contributed by atoms with Gasteiger partial charge in [0, 0.05) is 44.0 Å². The maximum absolute atomic E-state index is 4.52. The normalized spacial score (nSPS) is 16.4. The average Bonchev–Trinajstić information content (AvgIpc) is 2.39. The molecule has 0 atom stereocenters. The number of hydrogen-bond acceptors (Lipinski definition) is 4. The summed E-state index contributed by atoms with van der Waals surface area (Å²) >= 11 is 0. The standard InChI is InChI=1S/C14H22N4/c1-14(2,12-7-4-5-8-15-12)11-17-13-16-9-6-10-18(13)3/h4-5,7-8H,6,9-11H2,1-3H3,(H,16,17). The van der Waals surface area contributed by atoms with Crippen molar-refractivity contribution in [3.63, 3.8) is 0 Å². The Kier molecular flexibility index (Phi) is 3.84. The van der Waals surface area contributed by atoms with Crippen LogP contribution in [0.2, 0.25) is 0 Å². The van der Waals surface area contributed by atoms with Gasteiger partial charge in [-0.3, -0.25) is 9.98 Å². The Balaban J connectivity index is 1.99. The van der Waals surface area contributed by atoms with Crippen LogP contribution < -0.4 is 5.32 Å². The molecule has 0 saturated heterocycles. The van der Waals surface area contributed by atoms with E-state index in [1.165, 1.54) is 0 Å². The third kappa shape index (κ3) is 3.00. The summed E-state index contributed by atoms with van der Waals surface area (Å²) in [5, 5.41) is 3.45. The molecule has 0 aromatic carbocycles. The molecule has 2 rings (SSSR count). The van der Waals surface area contributed by atoms with Gasteiger partial charge < -0.3 is 10.2 Å². The number of aromatic nitrogens is 1. The molecule has 18 heavy (non-hydrogen) atoms. The highest BCUT2D eigenvalue weighted by atomic mass is 15.3. The fourth-order valence-corrected chi connectivity index (χ4v) is 2.06. The molecule has 0 amide bonds. The summed E-state index contributed by atoms with van der Waals surface area (Å²) < 4.78 is 0. The molecule has 0 spiro atoms. The van der Waals surface area contributed by atoms with E-state index < -0.39 is 0 Å². The number of rotatable bonds is 3. The summed E-state index contributed by atoms with van der Waals surface area (Å²) in [6, 6.07) is 6.06. The van der Waals surface area contributed by atoms with E-state index in [1.54, 1.807) is 0 Å². The monoisotopic (exact) mass is 246 g/mol. The van der Waals surface area contributed by atoms with E-state index in [1.807, 2.05) is 18.3 Å². The van der Waals surface area contributed by atoms with Crippen LogP contribution in [-0.4, -0.2) is 42.5 Å². The van der Waals surface area contributed by atoms with Crippen molar-refractivity contribution in [1.29, 1.82) is 0 Å². The number of nitrogens with one attached hydrogen (secondary N) is 1. The summed E-state index contributed by atoms with van der Waals surface area (Å²) in [5.41, 5.74) is 1.11.